The van der Waals surface area contributed by atoms with Crippen LogP contribution in [0.2, 0.25) is 0 Å². The molecule has 23 heavy (non-hydrogen) atoms. The summed E-state index contributed by atoms with van der Waals surface area (Å²) >= 11 is 0. The van der Waals surface area contributed by atoms with Crippen molar-refractivity contribution in [2.24, 2.45) is 5.92 Å². The lowest BCUT2D eigenvalue weighted by Crippen LogP contribution is -2.20. The maximum absolute atomic E-state index is 12.0. The van der Waals surface area contributed by atoms with E-state index >= 15 is 0 Å². The number of rotatable bonds is 9. The first-order valence-corrected chi connectivity index (χ1v) is 8.43. The molecule has 0 aromatic heterocycles. The Morgan fingerprint density at radius 2 is 1.48 bits per heavy atom. The number of ether oxygens (including phenoxy) is 2. The van der Waals surface area contributed by atoms with Crippen LogP contribution < -0.4 is 0 Å². The third kappa shape index (κ3) is 6.85. The molecule has 0 aliphatic carbocycles. The molecule has 0 N–H and O–H groups in total. The van der Waals surface area contributed by atoms with E-state index < -0.39 is 0 Å². The molecule has 0 heterocycles. The highest BCUT2D eigenvalue weighted by molar-refractivity contribution is 5.93. The highest BCUT2D eigenvalue weighted by Gasteiger charge is 2.15. The van der Waals surface area contributed by atoms with Gasteiger partial charge in [-0.15, -0.1) is 0 Å². The first-order valence-electron chi connectivity index (χ1n) is 8.43. The van der Waals surface area contributed by atoms with E-state index in [1.54, 1.807) is 24.3 Å². The topological polar surface area (TPSA) is 52.6 Å². The molecule has 0 spiro atoms. The standard InChI is InChI=1S/C19H28O4/c1-5-6-7-8-13-22-18(20)16-9-11-17(12-10-16)19(21)23-15(4)14(2)3/h9-12,14-15H,5-8,13H2,1-4H3. The summed E-state index contributed by atoms with van der Waals surface area (Å²) in [5.74, 6) is -0.455. The van der Waals surface area contributed by atoms with Gasteiger partial charge in [-0.2, -0.15) is 0 Å². The minimum atomic E-state index is -0.370. The molecule has 0 radical (unpaired) electrons. The summed E-state index contributed by atoms with van der Waals surface area (Å²) in [4.78, 5) is 23.9. The molecule has 0 aliphatic rings. The zero-order chi connectivity index (χ0) is 17.2. The van der Waals surface area contributed by atoms with Gasteiger partial charge in [0, 0.05) is 0 Å². The average Bonchev–Trinajstić information content (AvgIpc) is 2.54. The molecule has 1 rings (SSSR count). The smallest absolute Gasteiger partial charge is 0.338 e. The fourth-order valence-electron chi connectivity index (χ4n) is 1.89. The van der Waals surface area contributed by atoms with Gasteiger partial charge in [0.2, 0.25) is 0 Å². The Morgan fingerprint density at radius 3 is 2.00 bits per heavy atom. The Labute approximate surface area is 139 Å². The number of hydrogen-bond acceptors (Lipinski definition) is 4. The molecule has 1 unspecified atom stereocenters. The molecule has 0 saturated carbocycles. The van der Waals surface area contributed by atoms with Gasteiger partial charge in [0.1, 0.15) is 6.10 Å². The van der Waals surface area contributed by atoms with E-state index in [4.69, 9.17) is 9.47 Å². The Bertz CT molecular complexity index is 491. The van der Waals surface area contributed by atoms with Crippen molar-refractivity contribution in [1.29, 1.82) is 0 Å². The first-order chi connectivity index (χ1) is 11.0. The third-order valence-corrected chi connectivity index (χ3v) is 3.82. The van der Waals surface area contributed by atoms with Crippen molar-refractivity contribution in [2.45, 2.75) is 59.5 Å². The van der Waals surface area contributed by atoms with Crippen molar-refractivity contribution in [3.05, 3.63) is 35.4 Å². The minimum Gasteiger partial charge on any atom is -0.462 e. The highest BCUT2D eigenvalue weighted by atomic mass is 16.5. The predicted molar refractivity (Wildman–Crippen MR) is 90.6 cm³/mol. The molecule has 1 aromatic rings. The van der Waals surface area contributed by atoms with Gasteiger partial charge in [-0.25, -0.2) is 9.59 Å². The van der Waals surface area contributed by atoms with Gasteiger partial charge in [-0.1, -0.05) is 40.0 Å². The molecular formula is C19H28O4. The molecule has 0 saturated heterocycles. The molecule has 1 aromatic carbocycles. The highest BCUT2D eigenvalue weighted by Crippen LogP contribution is 2.12. The van der Waals surface area contributed by atoms with Gasteiger partial charge in [-0.3, -0.25) is 0 Å². The lowest BCUT2D eigenvalue weighted by molar-refractivity contribution is 0.0237. The van der Waals surface area contributed by atoms with Gasteiger partial charge in [0.15, 0.2) is 0 Å². The van der Waals surface area contributed by atoms with Crippen molar-refractivity contribution in [3.8, 4) is 0 Å². The Hall–Kier alpha value is -1.84. The fraction of sp³-hybridized carbons (Fsp3) is 0.579. The van der Waals surface area contributed by atoms with Crippen molar-refractivity contribution in [2.75, 3.05) is 6.61 Å². The normalized spacial score (nSPS) is 12.0. The monoisotopic (exact) mass is 320 g/mol. The molecule has 4 heteroatoms. The zero-order valence-electron chi connectivity index (χ0n) is 14.6. The summed E-state index contributed by atoms with van der Waals surface area (Å²) in [7, 11) is 0. The van der Waals surface area contributed by atoms with Crippen LogP contribution in [0.5, 0.6) is 0 Å². The van der Waals surface area contributed by atoms with Gasteiger partial charge in [0.05, 0.1) is 17.7 Å². The van der Waals surface area contributed by atoms with E-state index in [-0.39, 0.29) is 24.0 Å². The van der Waals surface area contributed by atoms with Crippen molar-refractivity contribution >= 4 is 11.9 Å². The van der Waals surface area contributed by atoms with E-state index in [0.717, 1.165) is 25.7 Å². The number of hydrogen-bond donors (Lipinski definition) is 0. The van der Waals surface area contributed by atoms with Crippen molar-refractivity contribution < 1.29 is 19.1 Å². The maximum Gasteiger partial charge on any atom is 0.338 e. The fourth-order valence-corrected chi connectivity index (χ4v) is 1.89. The summed E-state index contributed by atoms with van der Waals surface area (Å²) in [6.07, 6.45) is 4.12. The lowest BCUT2D eigenvalue weighted by Gasteiger charge is -2.16. The third-order valence-electron chi connectivity index (χ3n) is 3.82. The van der Waals surface area contributed by atoms with Crippen LogP contribution in [0, 0.1) is 5.92 Å². The van der Waals surface area contributed by atoms with E-state index in [2.05, 4.69) is 6.92 Å². The van der Waals surface area contributed by atoms with Crippen molar-refractivity contribution in [3.63, 3.8) is 0 Å². The minimum absolute atomic E-state index is 0.143. The molecular weight excluding hydrogens is 292 g/mol. The second-order valence-electron chi connectivity index (χ2n) is 6.13. The van der Waals surface area contributed by atoms with Gasteiger partial charge in [0.25, 0.3) is 0 Å². The van der Waals surface area contributed by atoms with Gasteiger partial charge in [-0.05, 0) is 43.5 Å². The largest absolute Gasteiger partial charge is 0.462 e. The summed E-state index contributed by atoms with van der Waals surface area (Å²) in [5.41, 5.74) is 0.894. The first kappa shape index (κ1) is 19.2. The summed E-state index contributed by atoms with van der Waals surface area (Å²) in [6, 6.07) is 6.40. The van der Waals surface area contributed by atoms with Gasteiger partial charge < -0.3 is 9.47 Å². The molecule has 1 atom stereocenters. The van der Waals surface area contributed by atoms with Crippen LogP contribution in [-0.4, -0.2) is 24.6 Å². The van der Waals surface area contributed by atoms with E-state index in [1.165, 1.54) is 0 Å². The Kier molecular flexibility index (Phi) is 8.38. The SMILES string of the molecule is CCCCCCOC(=O)c1ccc(C(=O)OC(C)C(C)C)cc1. The zero-order valence-corrected chi connectivity index (χ0v) is 14.6. The number of carbonyl (C=O) groups is 2. The van der Waals surface area contributed by atoms with Gasteiger partial charge >= 0.3 is 11.9 Å². The summed E-state index contributed by atoms with van der Waals surface area (Å²) < 4.78 is 10.6. The maximum atomic E-state index is 12.0. The number of carbonyl (C=O) groups excluding carboxylic acids is 2. The van der Waals surface area contributed by atoms with Crippen molar-refractivity contribution in [1.82, 2.24) is 0 Å². The quantitative estimate of drug-likeness (QED) is 0.492. The van der Waals surface area contributed by atoms with Crippen LogP contribution in [-0.2, 0) is 9.47 Å². The van der Waals surface area contributed by atoms with Crippen LogP contribution in [0.25, 0.3) is 0 Å². The van der Waals surface area contributed by atoms with E-state index in [9.17, 15) is 9.59 Å². The van der Waals surface area contributed by atoms with E-state index in [0.29, 0.717) is 17.7 Å². The second-order valence-corrected chi connectivity index (χ2v) is 6.13. The van der Waals surface area contributed by atoms with Crippen LogP contribution in [0.3, 0.4) is 0 Å². The number of esters is 2. The van der Waals surface area contributed by atoms with Crippen LogP contribution >= 0.6 is 0 Å². The second kappa shape index (κ2) is 10.0. The molecule has 4 nitrogen and oxygen atoms in total. The summed E-state index contributed by atoms with van der Waals surface area (Å²) in [6.45, 7) is 8.44. The van der Waals surface area contributed by atoms with E-state index in [1.807, 2.05) is 20.8 Å². The molecule has 0 aliphatic heterocycles. The Morgan fingerprint density at radius 1 is 0.913 bits per heavy atom. The van der Waals surface area contributed by atoms with Crippen LogP contribution in [0.4, 0.5) is 0 Å². The molecule has 0 fully saturated rings. The Balaban J connectivity index is 2.49. The molecule has 0 bridgehead atoms. The number of benzene rings is 1. The van der Waals surface area contributed by atoms with Crippen LogP contribution in [0.15, 0.2) is 24.3 Å². The summed E-state index contributed by atoms with van der Waals surface area (Å²) in [5, 5.41) is 0. The predicted octanol–water partition coefficient (Wildman–Crippen LogP) is 4.63. The molecule has 0 amide bonds. The lowest BCUT2D eigenvalue weighted by atomic mass is 10.1. The van der Waals surface area contributed by atoms with Crippen LogP contribution in [0.1, 0.15) is 74.1 Å². The average molecular weight is 320 g/mol. The molecule has 128 valence electrons. The number of unbranched alkanes of at least 4 members (excludes halogenated alkanes) is 3.